The number of likely N-dealkylation sites (tertiary alicyclic amines) is 6. The Labute approximate surface area is 266 Å². The van der Waals surface area contributed by atoms with E-state index in [2.05, 4.69) is 76.0 Å². The van der Waals surface area contributed by atoms with Crippen molar-refractivity contribution in [1.29, 1.82) is 0 Å². The number of amides is 3. The molecular weight excluding hydrogens is 552 g/mol. The lowest BCUT2D eigenvalue weighted by Crippen LogP contribution is -2.71. The second kappa shape index (κ2) is 14.7. The number of nitrogens with zero attached hydrogens (tertiary/aromatic N) is 6. The van der Waals surface area contributed by atoms with Gasteiger partial charge in [-0.1, -0.05) is 19.7 Å². The Balaban J connectivity index is 0.000000151. The molecule has 0 aliphatic carbocycles. The van der Waals surface area contributed by atoms with Gasteiger partial charge in [-0.3, -0.25) is 29.1 Å². The summed E-state index contributed by atoms with van der Waals surface area (Å²) in [4.78, 5) is 48.0. The molecule has 6 heterocycles. The van der Waals surface area contributed by atoms with E-state index in [9.17, 15) is 14.4 Å². The predicted molar refractivity (Wildman–Crippen MR) is 177 cm³/mol. The molecule has 6 aliphatic heterocycles. The Morgan fingerprint density at radius 2 is 0.932 bits per heavy atom. The third-order valence-corrected chi connectivity index (χ3v) is 10.8. The summed E-state index contributed by atoms with van der Waals surface area (Å²) in [6.45, 7) is 30.1. The Morgan fingerprint density at radius 3 is 1.43 bits per heavy atom. The maximum Gasteiger partial charge on any atom is 0.246 e. The quantitative estimate of drug-likeness (QED) is 0.430. The van der Waals surface area contributed by atoms with Gasteiger partial charge in [-0.05, 0) is 98.4 Å². The van der Waals surface area contributed by atoms with Crippen molar-refractivity contribution in [2.75, 3.05) is 39.3 Å². The molecular formula is C35H58N6O3. The van der Waals surface area contributed by atoms with Crippen LogP contribution < -0.4 is 0 Å². The van der Waals surface area contributed by atoms with Crippen molar-refractivity contribution in [2.45, 2.75) is 128 Å². The number of piperidine rings is 2. The number of carbonyl (C=O) groups excluding carboxylic acids is 3. The molecule has 6 atom stereocenters. The third-order valence-electron chi connectivity index (χ3n) is 10.8. The highest BCUT2D eigenvalue weighted by Gasteiger charge is 2.49. The van der Waals surface area contributed by atoms with Crippen LogP contribution in [0.2, 0.25) is 0 Å². The highest BCUT2D eigenvalue weighted by Crippen LogP contribution is 2.35. The minimum absolute atomic E-state index is 0.0943. The number of hydrogen-bond acceptors (Lipinski definition) is 6. The number of hydrogen-bond donors (Lipinski definition) is 0. The lowest BCUT2D eigenvalue weighted by molar-refractivity contribution is -0.145. The van der Waals surface area contributed by atoms with Crippen molar-refractivity contribution in [3.63, 3.8) is 0 Å². The summed E-state index contributed by atoms with van der Waals surface area (Å²) in [5, 5.41) is 0. The Bertz CT molecular complexity index is 1070. The van der Waals surface area contributed by atoms with Crippen molar-refractivity contribution >= 4 is 17.7 Å². The molecule has 0 N–H and O–H groups in total. The average molecular weight is 611 g/mol. The fraction of sp³-hybridized carbons (Fsp3) is 0.743. The van der Waals surface area contributed by atoms with Crippen molar-refractivity contribution in [1.82, 2.24) is 29.4 Å². The molecule has 0 radical (unpaired) electrons. The van der Waals surface area contributed by atoms with E-state index in [0.717, 1.165) is 52.0 Å². The van der Waals surface area contributed by atoms with Crippen molar-refractivity contribution in [3.05, 3.63) is 38.0 Å². The standard InChI is InChI=1S/2C12H20N2O.C11H18N2O/c1-4-12(15)13-7-5-6-10-11(13)8-14(10)9(2)3;1-4-12(15)14-8-11-10(14)6-5-7-13(11)9(2)3;1-4-11(14)13-7-10-9(13)5-6-12(10)8(2)3/h2*4,9-11H,1,5-8H2,2-3H3;4,8-10H,1,5-7H2,2-3H3. The van der Waals surface area contributed by atoms with Gasteiger partial charge in [0.2, 0.25) is 17.7 Å². The zero-order valence-electron chi connectivity index (χ0n) is 28.2. The van der Waals surface area contributed by atoms with E-state index in [1.165, 1.54) is 37.6 Å². The number of carbonyl (C=O) groups is 3. The van der Waals surface area contributed by atoms with Crippen molar-refractivity contribution in [3.8, 4) is 0 Å². The summed E-state index contributed by atoms with van der Waals surface area (Å²) >= 11 is 0. The molecule has 0 aromatic heterocycles. The largest absolute Gasteiger partial charge is 0.333 e. The molecule has 246 valence electrons. The van der Waals surface area contributed by atoms with Gasteiger partial charge in [0.25, 0.3) is 0 Å². The molecule has 0 saturated carbocycles. The monoisotopic (exact) mass is 610 g/mol. The summed E-state index contributed by atoms with van der Waals surface area (Å²) in [5.41, 5.74) is 0. The fourth-order valence-electron chi connectivity index (χ4n) is 8.37. The molecule has 6 saturated heterocycles. The van der Waals surface area contributed by atoms with Crippen LogP contribution in [0.4, 0.5) is 0 Å². The second-order valence-corrected chi connectivity index (χ2v) is 14.1. The molecule has 6 unspecified atom stereocenters. The topological polar surface area (TPSA) is 70.7 Å². The van der Waals surface area contributed by atoms with E-state index in [4.69, 9.17) is 0 Å². The molecule has 9 nitrogen and oxygen atoms in total. The smallest absolute Gasteiger partial charge is 0.246 e. The molecule has 6 rings (SSSR count). The van der Waals surface area contributed by atoms with E-state index >= 15 is 0 Å². The zero-order chi connectivity index (χ0) is 32.3. The Morgan fingerprint density at radius 1 is 0.500 bits per heavy atom. The first-order chi connectivity index (χ1) is 20.9. The lowest BCUT2D eigenvalue weighted by Gasteiger charge is -2.57. The Kier molecular flexibility index (Phi) is 11.5. The van der Waals surface area contributed by atoms with Crippen molar-refractivity contribution < 1.29 is 14.4 Å². The van der Waals surface area contributed by atoms with Crippen LogP contribution >= 0.6 is 0 Å². The van der Waals surface area contributed by atoms with Crippen LogP contribution in [0.1, 0.15) is 73.6 Å². The predicted octanol–water partition coefficient (Wildman–Crippen LogP) is 3.38. The normalized spacial score (nSPS) is 31.2. The SMILES string of the molecule is C=CC(=O)N1CC2C1CCCN2C(C)C.C=CC(=O)N1CC2C1CCN2C(C)C.C=CC(=O)N1CCCC2C1CN2C(C)C. The Hall–Kier alpha value is -2.49. The lowest BCUT2D eigenvalue weighted by atomic mass is 9.85. The first-order valence-electron chi connectivity index (χ1n) is 17.0. The van der Waals surface area contributed by atoms with Crippen molar-refractivity contribution in [2.24, 2.45) is 0 Å². The number of fused-ring (bicyclic) bond motifs is 3. The highest BCUT2D eigenvalue weighted by atomic mass is 16.2. The molecule has 0 spiro atoms. The van der Waals surface area contributed by atoms with Crippen LogP contribution in [0, 0.1) is 0 Å². The van der Waals surface area contributed by atoms with Crippen LogP contribution in [0.5, 0.6) is 0 Å². The summed E-state index contributed by atoms with van der Waals surface area (Å²) in [6, 6.07) is 4.97. The van der Waals surface area contributed by atoms with Crippen LogP contribution in [0.25, 0.3) is 0 Å². The van der Waals surface area contributed by atoms with Gasteiger partial charge in [0.15, 0.2) is 0 Å². The van der Waals surface area contributed by atoms with Gasteiger partial charge in [0.05, 0.1) is 12.1 Å². The minimum atomic E-state index is 0.0943. The molecule has 0 aromatic carbocycles. The molecule has 3 amide bonds. The molecule has 0 bridgehead atoms. The van der Waals surface area contributed by atoms with Gasteiger partial charge in [-0.15, -0.1) is 0 Å². The van der Waals surface area contributed by atoms with Gasteiger partial charge >= 0.3 is 0 Å². The van der Waals surface area contributed by atoms with Gasteiger partial charge in [-0.25, -0.2) is 0 Å². The van der Waals surface area contributed by atoms with E-state index in [1.54, 1.807) is 0 Å². The average Bonchev–Trinajstić information content (AvgIpc) is 3.29. The first kappa shape index (κ1) is 34.4. The van der Waals surface area contributed by atoms with Gasteiger partial charge in [0, 0.05) is 75.0 Å². The first-order valence-corrected chi connectivity index (χ1v) is 17.0. The summed E-state index contributed by atoms with van der Waals surface area (Å²) in [5.74, 6) is 0.298. The summed E-state index contributed by atoms with van der Waals surface area (Å²) < 4.78 is 0. The second-order valence-electron chi connectivity index (χ2n) is 14.1. The van der Waals surface area contributed by atoms with E-state index < -0.39 is 0 Å². The van der Waals surface area contributed by atoms with Crippen LogP contribution in [0.3, 0.4) is 0 Å². The van der Waals surface area contributed by atoms with E-state index in [0.29, 0.717) is 54.4 Å². The molecule has 44 heavy (non-hydrogen) atoms. The molecule has 6 aliphatic rings. The number of rotatable bonds is 6. The van der Waals surface area contributed by atoms with Gasteiger partial charge < -0.3 is 14.7 Å². The highest BCUT2D eigenvalue weighted by molar-refractivity contribution is 5.89. The fourth-order valence-corrected chi connectivity index (χ4v) is 8.37. The molecule has 6 fully saturated rings. The zero-order valence-corrected chi connectivity index (χ0v) is 28.2. The van der Waals surface area contributed by atoms with E-state index in [-0.39, 0.29) is 17.7 Å². The molecule has 0 aromatic rings. The van der Waals surface area contributed by atoms with Gasteiger partial charge in [0.1, 0.15) is 0 Å². The maximum atomic E-state index is 11.6. The van der Waals surface area contributed by atoms with Gasteiger partial charge in [-0.2, -0.15) is 0 Å². The summed E-state index contributed by atoms with van der Waals surface area (Å²) in [7, 11) is 0. The minimum Gasteiger partial charge on any atom is -0.333 e. The summed E-state index contributed by atoms with van der Waals surface area (Å²) in [6.07, 6.45) is 10.2. The van der Waals surface area contributed by atoms with E-state index in [1.807, 2.05) is 14.7 Å². The maximum absolute atomic E-state index is 11.6. The van der Waals surface area contributed by atoms with Crippen LogP contribution in [-0.4, -0.2) is 141 Å². The van der Waals surface area contributed by atoms with Crippen LogP contribution in [0.15, 0.2) is 38.0 Å². The third kappa shape index (κ3) is 6.85. The molecule has 9 heteroatoms. The van der Waals surface area contributed by atoms with Crippen LogP contribution in [-0.2, 0) is 14.4 Å².